The number of benzene rings is 1. The maximum atomic E-state index is 11.3. The number of nitrogens with zero attached hydrogens (tertiary/aromatic N) is 2. The van der Waals surface area contributed by atoms with Crippen molar-refractivity contribution in [3.63, 3.8) is 0 Å². The van der Waals surface area contributed by atoms with Crippen LogP contribution in [0.25, 0.3) is 0 Å². The molecule has 0 atom stereocenters. The van der Waals surface area contributed by atoms with E-state index in [1.54, 1.807) is 0 Å². The van der Waals surface area contributed by atoms with Crippen LogP contribution in [0, 0.1) is 15.5 Å². The second kappa shape index (κ2) is 4.53. The predicted molar refractivity (Wildman–Crippen MR) is 70.7 cm³/mol. The van der Waals surface area contributed by atoms with Crippen molar-refractivity contribution < 1.29 is 14.8 Å². The number of carboxylic acid groups (broad SMARTS) is 1. The molecule has 1 fully saturated rings. The van der Waals surface area contributed by atoms with Crippen LogP contribution in [0.2, 0.25) is 0 Å². The topological polar surface area (TPSA) is 83.7 Å². The van der Waals surface area contributed by atoms with Gasteiger partial charge in [-0.3, -0.25) is 10.1 Å². The number of carboxylic acids is 1. The van der Waals surface area contributed by atoms with Crippen molar-refractivity contribution in [2.24, 2.45) is 5.41 Å². The molecule has 0 spiro atoms. The van der Waals surface area contributed by atoms with E-state index in [9.17, 15) is 20.0 Å². The van der Waals surface area contributed by atoms with Crippen molar-refractivity contribution >= 4 is 17.3 Å². The normalized spacial score (nSPS) is 17.5. The van der Waals surface area contributed by atoms with Gasteiger partial charge in [0.05, 0.1) is 16.2 Å². The predicted octanol–water partition coefficient (Wildman–Crippen LogP) is 2.53. The van der Waals surface area contributed by atoms with E-state index in [1.165, 1.54) is 12.1 Å². The van der Waals surface area contributed by atoms with Gasteiger partial charge in [-0.15, -0.1) is 0 Å². The van der Waals surface area contributed by atoms with Gasteiger partial charge in [0.1, 0.15) is 0 Å². The fourth-order valence-electron chi connectivity index (χ4n) is 2.40. The molecule has 19 heavy (non-hydrogen) atoms. The first-order valence-electron chi connectivity index (χ1n) is 6.07. The SMILES string of the molecule is CC1(C)CCN(c2ccc([N+](=O)[O-])cc2C(=O)O)C1. The molecular formula is C13H16N2O4. The molecule has 1 heterocycles. The number of rotatable bonds is 3. The lowest BCUT2D eigenvalue weighted by molar-refractivity contribution is -0.384. The fraction of sp³-hybridized carbons (Fsp3) is 0.462. The van der Waals surface area contributed by atoms with E-state index in [2.05, 4.69) is 13.8 Å². The lowest BCUT2D eigenvalue weighted by Crippen LogP contribution is -2.24. The van der Waals surface area contributed by atoms with Crippen LogP contribution in [0.3, 0.4) is 0 Å². The van der Waals surface area contributed by atoms with E-state index in [-0.39, 0.29) is 16.7 Å². The molecule has 1 N–H and O–H groups in total. The zero-order valence-electron chi connectivity index (χ0n) is 10.9. The van der Waals surface area contributed by atoms with Crippen molar-refractivity contribution in [2.75, 3.05) is 18.0 Å². The largest absolute Gasteiger partial charge is 0.478 e. The minimum atomic E-state index is -1.14. The number of non-ortho nitro benzene ring substituents is 1. The standard InChI is InChI=1S/C13H16N2O4/c1-13(2)5-6-14(8-13)11-4-3-9(15(18)19)7-10(11)12(16)17/h3-4,7H,5-6,8H2,1-2H3,(H,16,17). The van der Waals surface area contributed by atoms with Gasteiger partial charge in [0.2, 0.25) is 0 Å². The first kappa shape index (κ1) is 13.3. The number of anilines is 1. The quantitative estimate of drug-likeness (QED) is 0.670. The summed E-state index contributed by atoms with van der Waals surface area (Å²) in [6.45, 7) is 5.77. The Bertz CT molecular complexity index is 539. The van der Waals surface area contributed by atoms with E-state index >= 15 is 0 Å². The molecule has 1 aliphatic heterocycles. The summed E-state index contributed by atoms with van der Waals surface area (Å²) in [4.78, 5) is 23.4. The summed E-state index contributed by atoms with van der Waals surface area (Å²) in [7, 11) is 0. The van der Waals surface area contributed by atoms with Crippen molar-refractivity contribution in [2.45, 2.75) is 20.3 Å². The Morgan fingerprint density at radius 1 is 1.47 bits per heavy atom. The number of hydrogen-bond donors (Lipinski definition) is 1. The Labute approximate surface area is 110 Å². The van der Waals surface area contributed by atoms with E-state index in [0.29, 0.717) is 5.69 Å². The van der Waals surface area contributed by atoms with Crippen molar-refractivity contribution in [1.82, 2.24) is 0 Å². The van der Waals surface area contributed by atoms with E-state index < -0.39 is 10.9 Å². The van der Waals surface area contributed by atoms with Gasteiger partial charge in [-0.2, -0.15) is 0 Å². The zero-order chi connectivity index (χ0) is 14.2. The Morgan fingerprint density at radius 3 is 2.63 bits per heavy atom. The summed E-state index contributed by atoms with van der Waals surface area (Å²) < 4.78 is 0. The van der Waals surface area contributed by atoms with Gasteiger partial charge in [-0.05, 0) is 17.9 Å². The summed E-state index contributed by atoms with van der Waals surface area (Å²) in [5.74, 6) is -1.14. The first-order valence-corrected chi connectivity index (χ1v) is 6.07. The summed E-state index contributed by atoms with van der Waals surface area (Å²) in [6.07, 6.45) is 0.975. The van der Waals surface area contributed by atoms with E-state index in [0.717, 1.165) is 25.6 Å². The highest BCUT2D eigenvalue weighted by Crippen LogP contribution is 2.35. The highest BCUT2D eigenvalue weighted by molar-refractivity contribution is 5.95. The number of nitro benzene ring substituents is 1. The molecule has 0 bridgehead atoms. The molecule has 2 rings (SSSR count). The summed E-state index contributed by atoms with van der Waals surface area (Å²) in [5.41, 5.74) is 0.493. The molecule has 1 aliphatic rings. The number of aromatic carboxylic acids is 1. The van der Waals surface area contributed by atoms with Crippen LogP contribution in [-0.2, 0) is 0 Å². The summed E-state index contributed by atoms with van der Waals surface area (Å²) in [6, 6.07) is 4.01. The second-order valence-electron chi connectivity index (χ2n) is 5.60. The highest BCUT2D eigenvalue weighted by Gasteiger charge is 2.31. The lowest BCUT2D eigenvalue weighted by atomic mass is 9.93. The molecule has 0 unspecified atom stereocenters. The fourth-order valence-corrected chi connectivity index (χ4v) is 2.40. The van der Waals surface area contributed by atoms with Gasteiger partial charge in [0, 0.05) is 25.2 Å². The monoisotopic (exact) mass is 264 g/mol. The molecule has 1 aromatic carbocycles. The third-order valence-electron chi connectivity index (χ3n) is 3.44. The molecular weight excluding hydrogens is 248 g/mol. The molecule has 0 radical (unpaired) electrons. The van der Waals surface area contributed by atoms with E-state index in [1.807, 2.05) is 4.90 Å². The molecule has 6 heteroatoms. The molecule has 1 saturated heterocycles. The minimum Gasteiger partial charge on any atom is -0.478 e. The Kier molecular flexibility index (Phi) is 3.18. The molecule has 0 aromatic heterocycles. The zero-order valence-corrected chi connectivity index (χ0v) is 10.9. The molecule has 0 aliphatic carbocycles. The molecule has 102 valence electrons. The third-order valence-corrected chi connectivity index (χ3v) is 3.44. The molecule has 0 amide bonds. The van der Waals surface area contributed by atoms with Crippen LogP contribution < -0.4 is 4.90 Å². The summed E-state index contributed by atoms with van der Waals surface area (Å²) in [5, 5.41) is 19.9. The number of hydrogen-bond acceptors (Lipinski definition) is 4. The maximum Gasteiger partial charge on any atom is 0.338 e. The Balaban J connectivity index is 2.41. The van der Waals surface area contributed by atoms with Crippen LogP contribution in [0.15, 0.2) is 18.2 Å². The Hall–Kier alpha value is -2.11. The third kappa shape index (κ3) is 2.67. The van der Waals surface area contributed by atoms with Gasteiger partial charge >= 0.3 is 5.97 Å². The average Bonchev–Trinajstić information content (AvgIpc) is 2.68. The van der Waals surface area contributed by atoms with Crippen molar-refractivity contribution in [3.05, 3.63) is 33.9 Å². The smallest absolute Gasteiger partial charge is 0.338 e. The summed E-state index contributed by atoms with van der Waals surface area (Å²) >= 11 is 0. The first-order chi connectivity index (χ1) is 8.80. The molecule has 1 aromatic rings. The average molecular weight is 264 g/mol. The minimum absolute atomic E-state index is 0.00750. The van der Waals surface area contributed by atoms with E-state index in [4.69, 9.17) is 0 Å². The van der Waals surface area contributed by atoms with Gasteiger partial charge in [0.15, 0.2) is 0 Å². The molecule has 0 saturated carbocycles. The second-order valence-corrected chi connectivity index (χ2v) is 5.60. The van der Waals surface area contributed by atoms with Gasteiger partial charge in [-0.25, -0.2) is 4.79 Å². The van der Waals surface area contributed by atoms with Crippen LogP contribution >= 0.6 is 0 Å². The molecule has 6 nitrogen and oxygen atoms in total. The van der Waals surface area contributed by atoms with Crippen LogP contribution in [0.4, 0.5) is 11.4 Å². The van der Waals surface area contributed by atoms with Crippen LogP contribution in [-0.4, -0.2) is 29.1 Å². The van der Waals surface area contributed by atoms with Crippen molar-refractivity contribution in [3.8, 4) is 0 Å². The van der Waals surface area contributed by atoms with Crippen molar-refractivity contribution in [1.29, 1.82) is 0 Å². The highest BCUT2D eigenvalue weighted by atomic mass is 16.6. The van der Waals surface area contributed by atoms with Crippen LogP contribution in [0.5, 0.6) is 0 Å². The van der Waals surface area contributed by atoms with Gasteiger partial charge in [-0.1, -0.05) is 13.8 Å². The number of carbonyl (C=O) groups is 1. The number of nitro groups is 1. The Morgan fingerprint density at radius 2 is 2.16 bits per heavy atom. The van der Waals surface area contributed by atoms with Gasteiger partial charge < -0.3 is 10.0 Å². The maximum absolute atomic E-state index is 11.3. The lowest BCUT2D eigenvalue weighted by Gasteiger charge is -2.22. The van der Waals surface area contributed by atoms with Crippen LogP contribution in [0.1, 0.15) is 30.6 Å². The van der Waals surface area contributed by atoms with Gasteiger partial charge in [0.25, 0.3) is 5.69 Å².